The van der Waals surface area contributed by atoms with Crippen LogP contribution in [0.4, 0.5) is 0 Å². The fourth-order valence-electron chi connectivity index (χ4n) is 5.90. The summed E-state index contributed by atoms with van der Waals surface area (Å²) in [6.07, 6.45) is 4.72. The molecular weight excluding hydrogens is 598 g/mol. The first-order valence-corrected chi connectivity index (χ1v) is 16.7. The molecule has 6 rings (SSSR count). The molecule has 0 radical (unpaired) electrons. The topological polar surface area (TPSA) is 105 Å². The summed E-state index contributed by atoms with van der Waals surface area (Å²) >= 11 is 0. The van der Waals surface area contributed by atoms with Gasteiger partial charge < -0.3 is 10.2 Å². The number of carbonyl (C=O) groups is 2. The normalized spacial score (nSPS) is 13.4. The lowest BCUT2D eigenvalue weighted by atomic mass is 9.94. The van der Waals surface area contributed by atoms with Crippen LogP contribution in [0.3, 0.4) is 0 Å². The zero-order valence-electron chi connectivity index (χ0n) is 26.4. The van der Waals surface area contributed by atoms with Gasteiger partial charge in [0.2, 0.25) is 5.91 Å². The highest BCUT2D eigenvalue weighted by Crippen LogP contribution is 2.36. The second kappa shape index (κ2) is 12.5. The maximum Gasteiger partial charge on any atom is 0.269 e. The summed E-state index contributed by atoms with van der Waals surface area (Å²) in [6, 6.07) is 22.4. The molecule has 3 aromatic carbocycles. The van der Waals surface area contributed by atoms with E-state index in [1.165, 1.54) is 20.0 Å². The maximum absolute atomic E-state index is 13.9. The van der Waals surface area contributed by atoms with Crippen molar-refractivity contribution in [3.8, 4) is 22.3 Å². The Morgan fingerprint density at radius 3 is 2.33 bits per heavy atom. The van der Waals surface area contributed by atoms with Crippen molar-refractivity contribution in [3.05, 3.63) is 107 Å². The molecule has 0 bridgehead atoms. The quantitative estimate of drug-likeness (QED) is 0.254. The van der Waals surface area contributed by atoms with Crippen molar-refractivity contribution in [3.63, 3.8) is 0 Å². The molecule has 236 valence electrons. The van der Waals surface area contributed by atoms with Crippen molar-refractivity contribution in [1.82, 2.24) is 24.1 Å². The third-order valence-electron chi connectivity index (χ3n) is 8.60. The highest BCUT2D eigenvalue weighted by atomic mass is 32.2. The van der Waals surface area contributed by atoms with Crippen LogP contribution in [0.25, 0.3) is 33.3 Å². The van der Waals surface area contributed by atoms with Gasteiger partial charge in [-0.3, -0.25) is 14.5 Å². The molecule has 9 nitrogen and oxygen atoms in total. The molecule has 0 saturated carbocycles. The molecule has 2 amide bonds. The van der Waals surface area contributed by atoms with Gasteiger partial charge in [-0.25, -0.2) is 17.4 Å². The van der Waals surface area contributed by atoms with Crippen LogP contribution in [-0.2, 0) is 27.8 Å². The molecule has 0 spiro atoms. The summed E-state index contributed by atoms with van der Waals surface area (Å²) in [6.45, 7) is 4.27. The third kappa shape index (κ3) is 6.05. The van der Waals surface area contributed by atoms with Gasteiger partial charge in [-0.05, 0) is 72.0 Å². The van der Waals surface area contributed by atoms with E-state index in [4.69, 9.17) is 4.98 Å². The predicted molar refractivity (Wildman–Crippen MR) is 180 cm³/mol. The average molecular weight is 636 g/mol. The van der Waals surface area contributed by atoms with Gasteiger partial charge in [-0.2, -0.15) is 0 Å². The first-order valence-electron chi connectivity index (χ1n) is 15.3. The number of pyridine rings is 1. The number of hydrogen-bond donors (Lipinski definition) is 1. The molecule has 1 aliphatic rings. The molecule has 0 aliphatic carbocycles. The van der Waals surface area contributed by atoms with Gasteiger partial charge in [0.1, 0.15) is 0 Å². The smallest absolute Gasteiger partial charge is 0.269 e. The van der Waals surface area contributed by atoms with Crippen molar-refractivity contribution >= 4 is 32.9 Å². The molecule has 46 heavy (non-hydrogen) atoms. The molecule has 5 aromatic rings. The van der Waals surface area contributed by atoms with Gasteiger partial charge in [0.15, 0.2) is 5.65 Å². The Hall–Kier alpha value is -4.80. The number of nitrogens with one attached hydrogen (secondary N) is 1. The standard InChI is InChI=1S/C36H37N5O4S/c1-24-5-13-31(14-6-24)46(44,45)41-23-33(26-8-10-27(11-9-26)36(43)39(3)4)32-20-29(21-38-35(32)41)28-12-7-25-15-17-40(22-30(25)19-28)18-16-34(42)37-2/h5-14,19-21,23H,15-18,22H2,1-4H3,(H,37,42). The lowest BCUT2D eigenvalue weighted by Gasteiger charge is -2.29. The van der Waals surface area contributed by atoms with E-state index in [2.05, 4.69) is 28.4 Å². The number of aryl methyl sites for hydroxylation is 1. The lowest BCUT2D eigenvalue weighted by molar-refractivity contribution is -0.121. The van der Waals surface area contributed by atoms with Crippen molar-refractivity contribution in [2.24, 2.45) is 0 Å². The Morgan fingerprint density at radius 1 is 0.913 bits per heavy atom. The zero-order chi connectivity index (χ0) is 32.6. The van der Waals surface area contributed by atoms with Crippen LogP contribution >= 0.6 is 0 Å². The second-order valence-electron chi connectivity index (χ2n) is 12.0. The first-order chi connectivity index (χ1) is 22.0. The Balaban J connectivity index is 1.43. The fraction of sp³-hybridized carbons (Fsp3) is 0.250. The van der Waals surface area contributed by atoms with Crippen LogP contribution in [-0.4, -0.2) is 73.2 Å². The minimum absolute atomic E-state index is 0.0324. The molecule has 10 heteroatoms. The summed E-state index contributed by atoms with van der Waals surface area (Å²) in [4.78, 5) is 33.1. The summed E-state index contributed by atoms with van der Waals surface area (Å²) < 4.78 is 29.1. The number of nitrogens with zero attached hydrogens (tertiary/aromatic N) is 4. The first kappa shape index (κ1) is 31.2. The molecule has 2 aromatic heterocycles. The Bertz CT molecular complexity index is 2050. The molecule has 0 saturated heterocycles. The molecule has 1 N–H and O–H groups in total. The van der Waals surface area contributed by atoms with Crippen LogP contribution in [0, 0.1) is 6.92 Å². The largest absolute Gasteiger partial charge is 0.359 e. The molecule has 1 aliphatic heterocycles. The van der Waals surface area contributed by atoms with Gasteiger partial charge >= 0.3 is 0 Å². The van der Waals surface area contributed by atoms with Crippen molar-refractivity contribution in [1.29, 1.82) is 0 Å². The summed E-state index contributed by atoms with van der Waals surface area (Å²) in [5, 5.41) is 3.38. The van der Waals surface area contributed by atoms with Gasteiger partial charge in [-0.15, -0.1) is 0 Å². The number of amides is 2. The molecule has 3 heterocycles. The van der Waals surface area contributed by atoms with Gasteiger partial charge in [0.25, 0.3) is 15.9 Å². The number of fused-ring (bicyclic) bond motifs is 2. The molecular formula is C36H37N5O4S. The van der Waals surface area contributed by atoms with E-state index in [1.54, 1.807) is 69.9 Å². The predicted octanol–water partition coefficient (Wildman–Crippen LogP) is 5.11. The minimum Gasteiger partial charge on any atom is -0.359 e. The average Bonchev–Trinajstić information content (AvgIpc) is 3.46. The SMILES string of the molecule is CNC(=O)CCN1CCc2ccc(-c3cnc4c(c3)c(-c3ccc(C(=O)N(C)C)cc3)cn4S(=O)(=O)c3ccc(C)cc3)cc2C1. The summed E-state index contributed by atoms with van der Waals surface area (Å²) in [7, 11) is 1.11. The van der Waals surface area contributed by atoms with Gasteiger partial charge in [0, 0.05) is 81.7 Å². The fourth-order valence-corrected chi connectivity index (χ4v) is 7.22. The zero-order valence-corrected chi connectivity index (χ0v) is 27.3. The monoisotopic (exact) mass is 635 g/mol. The maximum atomic E-state index is 13.9. The van der Waals surface area contributed by atoms with E-state index >= 15 is 0 Å². The Kier molecular flexibility index (Phi) is 8.50. The number of benzene rings is 3. The molecule has 0 fully saturated rings. The number of rotatable bonds is 8. The van der Waals surface area contributed by atoms with E-state index in [1.807, 2.05) is 25.1 Å². The van der Waals surface area contributed by atoms with Crippen molar-refractivity contribution in [2.75, 3.05) is 34.2 Å². The van der Waals surface area contributed by atoms with Gasteiger partial charge in [-0.1, -0.05) is 42.0 Å². The van der Waals surface area contributed by atoms with Crippen LogP contribution in [0.5, 0.6) is 0 Å². The molecule has 0 unspecified atom stereocenters. The van der Waals surface area contributed by atoms with Gasteiger partial charge in [0.05, 0.1) is 4.90 Å². The number of hydrogen-bond acceptors (Lipinski definition) is 6. The van der Waals surface area contributed by atoms with Crippen molar-refractivity contribution in [2.45, 2.75) is 31.2 Å². The lowest BCUT2D eigenvalue weighted by Crippen LogP contribution is -2.33. The third-order valence-corrected chi connectivity index (χ3v) is 10.3. The Labute approximate surface area is 269 Å². The molecule has 0 atom stereocenters. The number of aromatic nitrogens is 2. The van der Waals surface area contributed by atoms with Crippen LogP contribution in [0.1, 0.15) is 33.5 Å². The highest BCUT2D eigenvalue weighted by Gasteiger charge is 2.24. The van der Waals surface area contributed by atoms with Crippen molar-refractivity contribution < 1.29 is 18.0 Å². The number of carbonyl (C=O) groups excluding carboxylic acids is 2. The van der Waals surface area contributed by atoms with E-state index < -0.39 is 10.0 Å². The van der Waals surface area contributed by atoms with E-state index in [9.17, 15) is 18.0 Å². The second-order valence-corrected chi connectivity index (χ2v) is 13.8. The summed E-state index contributed by atoms with van der Waals surface area (Å²) in [5.74, 6) is -0.0792. The Morgan fingerprint density at radius 2 is 1.63 bits per heavy atom. The van der Waals surface area contributed by atoms with Crippen LogP contribution in [0.15, 0.2) is 90.1 Å². The summed E-state index contributed by atoms with van der Waals surface area (Å²) in [5.41, 5.74) is 7.65. The van der Waals surface area contributed by atoms with Crippen LogP contribution < -0.4 is 5.32 Å². The van der Waals surface area contributed by atoms with E-state index in [-0.39, 0.29) is 16.7 Å². The van der Waals surface area contributed by atoms with E-state index in [0.717, 1.165) is 41.8 Å². The minimum atomic E-state index is -3.95. The van der Waals surface area contributed by atoms with E-state index in [0.29, 0.717) is 35.1 Å². The van der Waals surface area contributed by atoms with Crippen LogP contribution in [0.2, 0.25) is 0 Å². The highest BCUT2D eigenvalue weighted by molar-refractivity contribution is 7.90.